The van der Waals surface area contributed by atoms with Crippen LogP contribution in [0.1, 0.15) is 19.4 Å². The van der Waals surface area contributed by atoms with Crippen molar-refractivity contribution in [1.82, 2.24) is 4.72 Å². The molecule has 0 aliphatic rings. The van der Waals surface area contributed by atoms with E-state index in [9.17, 15) is 13.2 Å². The van der Waals surface area contributed by atoms with E-state index in [-0.39, 0.29) is 23.5 Å². The van der Waals surface area contributed by atoms with Crippen molar-refractivity contribution in [3.8, 4) is 5.75 Å². The molecular weight excluding hydrogens is 420 g/mol. The van der Waals surface area contributed by atoms with Gasteiger partial charge in [0, 0.05) is 10.5 Å². The maximum Gasteiger partial charge on any atom is 0.262 e. The Balaban J connectivity index is 2.02. The smallest absolute Gasteiger partial charge is 0.262 e. The van der Waals surface area contributed by atoms with Crippen LogP contribution in [0.3, 0.4) is 0 Å². The first-order chi connectivity index (χ1) is 12.2. The highest BCUT2D eigenvalue weighted by Crippen LogP contribution is 2.23. The highest BCUT2D eigenvalue weighted by atomic mass is 79.9. The lowest BCUT2D eigenvalue weighted by atomic mass is 10.2. The Hall–Kier alpha value is -1.90. The van der Waals surface area contributed by atoms with Gasteiger partial charge in [0.2, 0.25) is 10.0 Å². The summed E-state index contributed by atoms with van der Waals surface area (Å²) in [4.78, 5) is 12.2. The zero-order chi connectivity index (χ0) is 19.3. The quantitative estimate of drug-likeness (QED) is 0.690. The van der Waals surface area contributed by atoms with Gasteiger partial charge >= 0.3 is 0 Å². The number of hydrogen-bond donors (Lipinski definition) is 2. The number of para-hydroxylation sites is 1. The normalized spacial score (nSPS) is 11.4. The van der Waals surface area contributed by atoms with Gasteiger partial charge in [0.05, 0.1) is 10.6 Å². The van der Waals surface area contributed by atoms with E-state index < -0.39 is 10.0 Å². The predicted octanol–water partition coefficient (Wildman–Crippen LogP) is 3.46. The summed E-state index contributed by atoms with van der Waals surface area (Å²) in [6.45, 7) is 5.06. The van der Waals surface area contributed by atoms with Crippen LogP contribution in [0.5, 0.6) is 5.75 Å². The van der Waals surface area contributed by atoms with E-state index >= 15 is 0 Å². The summed E-state index contributed by atoms with van der Waals surface area (Å²) in [5, 5.41) is 2.74. The summed E-state index contributed by atoms with van der Waals surface area (Å²) in [7, 11) is -3.57. The lowest BCUT2D eigenvalue weighted by molar-refractivity contribution is -0.118. The van der Waals surface area contributed by atoms with E-state index in [0.29, 0.717) is 17.0 Å². The van der Waals surface area contributed by atoms with Gasteiger partial charge < -0.3 is 10.1 Å². The number of sulfonamides is 1. The van der Waals surface area contributed by atoms with Crippen molar-refractivity contribution in [2.45, 2.75) is 31.7 Å². The lowest BCUT2D eigenvalue weighted by Crippen LogP contribution is -2.30. The second kappa shape index (κ2) is 8.66. The monoisotopic (exact) mass is 440 g/mol. The van der Waals surface area contributed by atoms with Crippen LogP contribution >= 0.6 is 15.9 Å². The molecule has 0 saturated carbocycles. The summed E-state index contributed by atoms with van der Waals surface area (Å²) in [5.41, 5.74) is 1.28. The van der Waals surface area contributed by atoms with E-state index in [1.807, 2.05) is 18.2 Å². The summed E-state index contributed by atoms with van der Waals surface area (Å²) < 4.78 is 33.2. The van der Waals surface area contributed by atoms with Crippen molar-refractivity contribution in [3.63, 3.8) is 0 Å². The number of nitrogens with one attached hydrogen (secondary N) is 2. The largest absolute Gasteiger partial charge is 0.483 e. The molecule has 8 heteroatoms. The Morgan fingerprint density at radius 2 is 1.88 bits per heavy atom. The van der Waals surface area contributed by atoms with Crippen LogP contribution in [-0.2, 0) is 14.8 Å². The van der Waals surface area contributed by atoms with E-state index in [1.54, 1.807) is 32.9 Å². The Morgan fingerprint density at radius 1 is 1.19 bits per heavy atom. The molecule has 0 aliphatic heterocycles. The third kappa shape index (κ3) is 5.55. The molecule has 0 radical (unpaired) electrons. The van der Waals surface area contributed by atoms with Gasteiger partial charge in [0.1, 0.15) is 5.75 Å². The van der Waals surface area contributed by atoms with Crippen molar-refractivity contribution < 1.29 is 17.9 Å². The number of benzene rings is 2. The van der Waals surface area contributed by atoms with Gasteiger partial charge in [-0.3, -0.25) is 4.79 Å². The van der Waals surface area contributed by atoms with E-state index in [2.05, 4.69) is 26.0 Å². The molecule has 140 valence electrons. The molecule has 0 atom stereocenters. The molecule has 0 spiro atoms. The molecular formula is C18H21BrN2O4S. The Labute approximate surface area is 162 Å². The van der Waals surface area contributed by atoms with Crippen LogP contribution in [0.4, 0.5) is 5.69 Å². The number of halogens is 1. The molecule has 0 aliphatic carbocycles. The van der Waals surface area contributed by atoms with Gasteiger partial charge in [-0.2, -0.15) is 0 Å². The first-order valence-corrected chi connectivity index (χ1v) is 10.3. The Morgan fingerprint density at radius 3 is 2.50 bits per heavy atom. The highest BCUT2D eigenvalue weighted by Gasteiger charge is 2.17. The molecule has 26 heavy (non-hydrogen) atoms. The molecule has 2 N–H and O–H groups in total. The number of hydrogen-bond acceptors (Lipinski definition) is 4. The number of aryl methyl sites for hydroxylation is 1. The standard InChI is InChI=1S/C18H21BrN2O4S/c1-12(2)21-26(23,24)14-8-9-17(13(3)10-14)25-11-18(22)20-16-7-5-4-6-15(16)19/h4-10,12,21H,11H2,1-3H3,(H,20,22). The summed E-state index contributed by atoms with van der Waals surface area (Å²) in [6, 6.07) is 11.6. The Bertz CT molecular complexity index is 898. The number of amides is 1. The van der Waals surface area contributed by atoms with Crippen molar-refractivity contribution >= 4 is 37.5 Å². The minimum absolute atomic E-state index is 0.161. The predicted molar refractivity (Wildman–Crippen MR) is 105 cm³/mol. The van der Waals surface area contributed by atoms with Crippen molar-refractivity contribution in [3.05, 3.63) is 52.5 Å². The highest BCUT2D eigenvalue weighted by molar-refractivity contribution is 9.10. The number of carbonyl (C=O) groups excluding carboxylic acids is 1. The van der Waals surface area contributed by atoms with Crippen LogP contribution in [0, 0.1) is 6.92 Å². The van der Waals surface area contributed by atoms with Gasteiger partial charge in [-0.05, 0) is 72.6 Å². The number of carbonyl (C=O) groups is 1. The third-order valence-electron chi connectivity index (χ3n) is 3.35. The molecule has 0 fully saturated rings. The van der Waals surface area contributed by atoms with Crippen molar-refractivity contribution in [2.24, 2.45) is 0 Å². The minimum atomic E-state index is -3.57. The third-order valence-corrected chi connectivity index (χ3v) is 5.70. The van der Waals surface area contributed by atoms with Crippen molar-refractivity contribution in [2.75, 3.05) is 11.9 Å². The Kier molecular flexibility index (Phi) is 6.80. The molecule has 0 bridgehead atoms. The summed E-state index contributed by atoms with van der Waals surface area (Å²) in [6.07, 6.45) is 0. The van der Waals surface area contributed by atoms with Gasteiger partial charge in [-0.25, -0.2) is 13.1 Å². The van der Waals surface area contributed by atoms with Crippen LogP contribution in [0.2, 0.25) is 0 Å². The minimum Gasteiger partial charge on any atom is -0.483 e. The second-order valence-corrected chi connectivity index (χ2v) is 8.59. The van der Waals surface area contributed by atoms with Gasteiger partial charge in [-0.1, -0.05) is 12.1 Å². The lowest BCUT2D eigenvalue weighted by Gasteiger charge is -2.13. The fourth-order valence-corrected chi connectivity index (χ4v) is 3.94. The molecule has 0 unspecified atom stereocenters. The van der Waals surface area contributed by atoms with Crippen LogP contribution in [0.15, 0.2) is 51.8 Å². The maximum absolute atomic E-state index is 12.2. The zero-order valence-electron chi connectivity index (χ0n) is 14.7. The maximum atomic E-state index is 12.2. The topological polar surface area (TPSA) is 84.5 Å². The van der Waals surface area contributed by atoms with E-state index in [4.69, 9.17) is 4.74 Å². The SMILES string of the molecule is Cc1cc(S(=O)(=O)NC(C)C)ccc1OCC(=O)Nc1ccccc1Br. The second-order valence-electron chi connectivity index (χ2n) is 6.02. The molecule has 1 amide bonds. The first kappa shape index (κ1) is 20.4. The van der Waals surface area contributed by atoms with Crippen LogP contribution in [-0.4, -0.2) is 27.0 Å². The number of ether oxygens (including phenoxy) is 1. The number of anilines is 1. The molecule has 6 nitrogen and oxygen atoms in total. The first-order valence-electron chi connectivity index (χ1n) is 7.99. The zero-order valence-corrected chi connectivity index (χ0v) is 17.1. The summed E-state index contributed by atoms with van der Waals surface area (Å²) >= 11 is 3.36. The van der Waals surface area contributed by atoms with Gasteiger partial charge in [-0.15, -0.1) is 0 Å². The van der Waals surface area contributed by atoms with Gasteiger partial charge in [0.15, 0.2) is 6.61 Å². The van der Waals surface area contributed by atoms with Crippen molar-refractivity contribution in [1.29, 1.82) is 0 Å². The molecule has 2 rings (SSSR count). The molecule has 2 aromatic carbocycles. The average molecular weight is 441 g/mol. The van der Waals surface area contributed by atoms with Crippen LogP contribution < -0.4 is 14.8 Å². The molecule has 0 saturated heterocycles. The average Bonchev–Trinajstić information content (AvgIpc) is 2.54. The fourth-order valence-electron chi connectivity index (χ4n) is 2.22. The van der Waals surface area contributed by atoms with E-state index in [0.717, 1.165) is 4.47 Å². The molecule has 0 heterocycles. The van der Waals surface area contributed by atoms with Crippen LogP contribution in [0.25, 0.3) is 0 Å². The van der Waals surface area contributed by atoms with E-state index in [1.165, 1.54) is 12.1 Å². The summed E-state index contributed by atoms with van der Waals surface area (Å²) in [5.74, 6) is 0.144. The molecule has 0 aromatic heterocycles. The van der Waals surface area contributed by atoms with Gasteiger partial charge in [0.25, 0.3) is 5.91 Å². The number of rotatable bonds is 7. The molecule has 2 aromatic rings. The fraction of sp³-hybridized carbons (Fsp3) is 0.278.